The highest BCUT2D eigenvalue weighted by Crippen LogP contribution is 2.68. The Labute approximate surface area is 175 Å². The smallest absolute Gasteiger partial charge is 0.0543 e. The lowest BCUT2D eigenvalue weighted by atomic mass is 9.44. The Balaban J connectivity index is 1.46. The van der Waals surface area contributed by atoms with Gasteiger partial charge >= 0.3 is 0 Å². The zero-order chi connectivity index (χ0) is 20.1. The van der Waals surface area contributed by atoms with Crippen LogP contribution in [0.4, 0.5) is 0 Å². The van der Waals surface area contributed by atoms with E-state index in [1.807, 2.05) is 0 Å². The molecule has 0 aliphatic heterocycles. The van der Waals surface area contributed by atoms with Crippen molar-refractivity contribution in [1.82, 2.24) is 0 Å². The molecule has 9 atom stereocenters. The third kappa shape index (κ3) is 3.50. The highest BCUT2D eigenvalue weighted by atomic mass is 16.3. The van der Waals surface area contributed by atoms with Crippen LogP contribution in [0.15, 0.2) is 0 Å². The minimum Gasteiger partial charge on any atom is -0.393 e. The monoisotopic (exact) mass is 388 g/mol. The third-order valence-corrected chi connectivity index (χ3v) is 10.8. The van der Waals surface area contributed by atoms with E-state index in [2.05, 4.69) is 34.6 Å². The molecule has 0 heterocycles. The lowest BCUT2D eigenvalue weighted by Gasteiger charge is -2.61. The molecule has 4 saturated carbocycles. The number of aliphatic hydroxyl groups is 1. The number of hydrogen-bond donors (Lipinski definition) is 1. The first-order valence-corrected chi connectivity index (χ1v) is 12.9. The fraction of sp³-hybridized carbons (Fsp3) is 1.00. The van der Waals surface area contributed by atoms with Gasteiger partial charge in [0.15, 0.2) is 0 Å². The van der Waals surface area contributed by atoms with E-state index in [1.165, 1.54) is 64.2 Å². The SMILES string of the molecule is CC(C)CCCC(C)[C@H]1CC[C@H]2[C@@H]3CCC4C[C@@H](O)CC[C@]4(C)[C@H]3CC[C@]12C. The van der Waals surface area contributed by atoms with Crippen LogP contribution >= 0.6 is 0 Å². The molecule has 2 unspecified atom stereocenters. The molecule has 1 N–H and O–H groups in total. The van der Waals surface area contributed by atoms with Crippen LogP contribution in [0.5, 0.6) is 0 Å². The number of rotatable bonds is 5. The highest BCUT2D eigenvalue weighted by Gasteiger charge is 2.60. The van der Waals surface area contributed by atoms with Gasteiger partial charge in [0.1, 0.15) is 0 Å². The second kappa shape index (κ2) is 7.90. The van der Waals surface area contributed by atoms with Crippen LogP contribution in [0.25, 0.3) is 0 Å². The maximum Gasteiger partial charge on any atom is 0.0543 e. The van der Waals surface area contributed by atoms with Gasteiger partial charge in [0, 0.05) is 0 Å². The summed E-state index contributed by atoms with van der Waals surface area (Å²) in [6, 6.07) is 0. The van der Waals surface area contributed by atoms with E-state index >= 15 is 0 Å². The second-order valence-corrected chi connectivity index (χ2v) is 12.6. The maximum absolute atomic E-state index is 10.3. The summed E-state index contributed by atoms with van der Waals surface area (Å²) in [5, 5.41) is 10.3. The molecular formula is C27H48O. The molecule has 4 rings (SSSR count). The average Bonchev–Trinajstić information content (AvgIpc) is 2.99. The summed E-state index contributed by atoms with van der Waals surface area (Å²) < 4.78 is 0. The minimum atomic E-state index is -0.00830. The van der Waals surface area contributed by atoms with Crippen molar-refractivity contribution >= 4 is 0 Å². The van der Waals surface area contributed by atoms with E-state index in [-0.39, 0.29) is 6.10 Å². The van der Waals surface area contributed by atoms with Crippen LogP contribution in [-0.2, 0) is 0 Å². The van der Waals surface area contributed by atoms with Crippen molar-refractivity contribution in [3.63, 3.8) is 0 Å². The Bertz CT molecular complexity index is 540. The first-order chi connectivity index (χ1) is 13.3. The Morgan fingerprint density at radius 1 is 0.821 bits per heavy atom. The largest absolute Gasteiger partial charge is 0.393 e. The number of fused-ring (bicyclic) bond motifs is 5. The molecule has 0 spiro atoms. The van der Waals surface area contributed by atoms with Gasteiger partial charge in [-0.3, -0.25) is 0 Å². The van der Waals surface area contributed by atoms with E-state index in [1.54, 1.807) is 0 Å². The van der Waals surface area contributed by atoms with Gasteiger partial charge in [-0.05, 0) is 110 Å². The fourth-order valence-electron chi connectivity index (χ4n) is 9.26. The fourth-order valence-corrected chi connectivity index (χ4v) is 9.26. The van der Waals surface area contributed by atoms with Crippen molar-refractivity contribution in [2.24, 2.45) is 52.3 Å². The molecule has 162 valence electrons. The highest BCUT2D eigenvalue weighted by molar-refractivity contribution is 5.09. The van der Waals surface area contributed by atoms with E-state index in [9.17, 15) is 5.11 Å². The summed E-state index contributed by atoms with van der Waals surface area (Å²) in [5.74, 6) is 6.49. The van der Waals surface area contributed by atoms with Gasteiger partial charge in [0.05, 0.1) is 6.10 Å². The second-order valence-electron chi connectivity index (χ2n) is 12.6. The Morgan fingerprint density at radius 2 is 1.54 bits per heavy atom. The number of aliphatic hydroxyl groups excluding tert-OH is 1. The molecule has 4 aliphatic carbocycles. The Kier molecular flexibility index (Phi) is 5.98. The molecule has 0 aromatic rings. The van der Waals surface area contributed by atoms with E-state index in [0.29, 0.717) is 10.8 Å². The molecule has 0 bridgehead atoms. The maximum atomic E-state index is 10.3. The van der Waals surface area contributed by atoms with Gasteiger partial charge in [0.25, 0.3) is 0 Å². The molecule has 4 aliphatic rings. The van der Waals surface area contributed by atoms with Crippen LogP contribution in [0, 0.1) is 52.3 Å². The average molecular weight is 389 g/mol. The topological polar surface area (TPSA) is 20.2 Å². The van der Waals surface area contributed by atoms with Crippen LogP contribution in [0.2, 0.25) is 0 Å². The van der Waals surface area contributed by atoms with Crippen molar-refractivity contribution in [3.8, 4) is 0 Å². The standard InChI is InChI=1S/C27H48O/c1-18(2)7-6-8-19(3)23-11-12-24-22-10-9-20-17-21(28)13-15-26(20,4)25(22)14-16-27(23,24)5/h18-25,28H,6-17H2,1-5H3/t19?,20?,21-,22-,23+,24-,25-,26-,27+/m0/s1. The summed E-state index contributed by atoms with van der Waals surface area (Å²) in [7, 11) is 0. The number of hydrogen-bond acceptors (Lipinski definition) is 1. The summed E-state index contributed by atoms with van der Waals surface area (Å²) in [6.45, 7) is 12.7. The van der Waals surface area contributed by atoms with E-state index < -0.39 is 0 Å². The molecule has 1 heteroatoms. The Morgan fingerprint density at radius 3 is 2.29 bits per heavy atom. The van der Waals surface area contributed by atoms with Crippen LogP contribution in [0.1, 0.15) is 112 Å². The van der Waals surface area contributed by atoms with Crippen LogP contribution < -0.4 is 0 Å². The molecule has 0 amide bonds. The van der Waals surface area contributed by atoms with Crippen molar-refractivity contribution in [3.05, 3.63) is 0 Å². The van der Waals surface area contributed by atoms with Crippen LogP contribution in [0.3, 0.4) is 0 Å². The lowest BCUT2D eigenvalue weighted by Crippen LogP contribution is -2.54. The van der Waals surface area contributed by atoms with Gasteiger partial charge in [-0.25, -0.2) is 0 Å². The molecule has 0 saturated heterocycles. The first-order valence-electron chi connectivity index (χ1n) is 12.9. The van der Waals surface area contributed by atoms with Crippen molar-refractivity contribution in [2.45, 2.75) is 118 Å². The summed E-state index contributed by atoms with van der Waals surface area (Å²) in [6.07, 6.45) is 16.6. The molecular weight excluding hydrogens is 340 g/mol. The van der Waals surface area contributed by atoms with Gasteiger partial charge in [-0.1, -0.05) is 53.9 Å². The summed E-state index contributed by atoms with van der Waals surface area (Å²) in [4.78, 5) is 0. The molecule has 28 heavy (non-hydrogen) atoms. The summed E-state index contributed by atoms with van der Waals surface area (Å²) in [5.41, 5.74) is 1.15. The van der Waals surface area contributed by atoms with Gasteiger partial charge in [-0.15, -0.1) is 0 Å². The Hall–Kier alpha value is -0.0400. The van der Waals surface area contributed by atoms with E-state index in [0.717, 1.165) is 54.3 Å². The summed E-state index contributed by atoms with van der Waals surface area (Å²) >= 11 is 0. The van der Waals surface area contributed by atoms with Gasteiger partial charge in [-0.2, -0.15) is 0 Å². The van der Waals surface area contributed by atoms with Crippen LogP contribution in [-0.4, -0.2) is 11.2 Å². The van der Waals surface area contributed by atoms with E-state index in [4.69, 9.17) is 0 Å². The third-order valence-electron chi connectivity index (χ3n) is 10.8. The van der Waals surface area contributed by atoms with Crippen molar-refractivity contribution < 1.29 is 5.11 Å². The zero-order valence-corrected chi connectivity index (χ0v) is 19.6. The molecule has 0 aromatic carbocycles. The zero-order valence-electron chi connectivity index (χ0n) is 19.6. The van der Waals surface area contributed by atoms with Crippen molar-refractivity contribution in [2.75, 3.05) is 0 Å². The molecule has 1 nitrogen and oxygen atoms in total. The predicted octanol–water partition coefficient (Wildman–Crippen LogP) is 7.47. The minimum absolute atomic E-state index is 0.00830. The van der Waals surface area contributed by atoms with Gasteiger partial charge < -0.3 is 5.11 Å². The molecule has 0 radical (unpaired) electrons. The molecule has 4 fully saturated rings. The normalized spacial score (nSPS) is 49.4. The lowest BCUT2D eigenvalue weighted by molar-refractivity contribution is -0.129. The molecule has 0 aromatic heterocycles. The first kappa shape index (κ1) is 21.2. The predicted molar refractivity (Wildman–Crippen MR) is 119 cm³/mol. The van der Waals surface area contributed by atoms with Crippen molar-refractivity contribution in [1.29, 1.82) is 0 Å². The quantitative estimate of drug-likeness (QED) is 0.518. The van der Waals surface area contributed by atoms with Gasteiger partial charge in [0.2, 0.25) is 0 Å².